The van der Waals surface area contributed by atoms with Gasteiger partial charge in [-0.1, -0.05) is 6.92 Å². The largest absolute Gasteiger partial charge is 0.479 e. The highest BCUT2D eigenvalue weighted by Gasteiger charge is 2.54. The van der Waals surface area contributed by atoms with Gasteiger partial charge in [0.15, 0.2) is 5.54 Å². The lowest BCUT2D eigenvalue weighted by molar-refractivity contribution is -0.385. The molecule has 0 saturated heterocycles. The zero-order valence-electron chi connectivity index (χ0n) is 8.71. The highest BCUT2D eigenvalue weighted by atomic mass is 16.6. The molecule has 1 aliphatic carbocycles. The molecule has 0 radical (unpaired) electrons. The number of aliphatic carboxylic acids is 1. The van der Waals surface area contributed by atoms with Crippen molar-refractivity contribution in [3.63, 3.8) is 0 Å². The molecule has 0 atom stereocenters. The van der Waals surface area contributed by atoms with Crippen LogP contribution >= 0.6 is 0 Å². The Balaban J connectivity index is 2.44. The lowest BCUT2D eigenvalue weighted by Gasteiger charge is -2.08. The Labute approximate surface area is 90.8 Å². The lowest BCUT2D eigenvalue weighted by atomic mass is 10.3. The number of carbonyl (C=O) groups is 1. The molecule has 1 N–H and O–H groups in total. The number of aryl methyl sites for hydroxylation is 1. The minimum Gasteiger partial charge on any atom is -0.479 e. The monoisotopic (exact) mass is 225 g/mol. The van der Waals surface area contributed by atoms with E-state index in [1.165, 1.54) is 10.9 Å². The molecule has 0 aliphatic heterocycles. The van der Waals surface area contributed by atoms with Crippen molar-refractivity contribution in [2.45, 2.75) is 31.7 Å². The number of rotatable bonds is 4. The topological polar surface area (TPSA) is 98.3 Å². The fraction of sp³-hybridized carbons (Fsp3) is 0.556. The minimum absolute atomic E-state index is 0.102. The standard InChI is InChI=1S/C9H11N3O4/c1-2-6-7(12(15)16)5-11(10-6)9(3-4-9)8(13)14/h5H,2-4H2,1H3,(H,13,14). The number of aromatic nitrogens is 2. The van der Waals surface area contributed by atoms with Gasteiger partial charge in [0.1, 0.15) is 11.9 Å². The van der Waals surface area contributed by atoms with Crippen molar-refractivity contribution in [3.8, 4) is 0 Å². The number of nitro groups is 1. The molecule has 86 valence electrons. The fourth-order valence-corrected chi connectivity index (χ4v) is 1.68. The summed E-state index contributed by atoms with van der Waals surface area (Å²) in [4.78, 5) is 21.2. The molecule has 0 amide bonds. The van der Waals surface area contributed by atoms with Crippen molar-refractivity contribution < 1.29 is 14.8 Å². The molecule has 1 fully saturated rings. The molecule has 2 rings (SSSR count). The molecular formula is C9H11N3O4. The Morgan fingerprint density at radius 3 is 2.69 bits per heavy atom. The molecule has 7 heteroatoms. The van der Waals surface area contributed by atoms with Crippen molar-refractivity contribution >= 4 is 11.7 Å². The Hall–Kier alpha value is -1.92. The van der Waals surface area contributed by atoms with E-state index in [0.717, 1.165) is 0 Å². The van der Waals surface area contributed by atoms with Gasteiger partial charge in [0.05, 0.1) is 4.92 Å². The van der Waals surface area contributed by atoms with E-state index < -0.39 is 16.4 Å². The molecule has 16 heavy (non-hydrogen) atoms. The summed E-state index contributed by atoms with van der Waals surface area (Å²) in [5, 5.41) is 23.8. The molecule has 0 aromatic carbocycles. The van der Waals surface area contributed by atoms with Crippen LogP contribution < -0.4 is 0 Å². The quantitative estimate of drug-likeness (QED) is 0.607. The van der Waals surface area contributed by atoms with Crippen molar-refractivity contribution in [2.24, 2.45) is 0 Å². The van der Waals surface area contributed by atoms with E-state index in [2.05, 4.69) is 5.10 Å². The second-order valence-electron chi connectivity index (χ2n) is 3.85. The molecule has 1 aromatic heterocycles. The lowest BCUT2D eigenvalue weighted by Crippen LogP contribution is -2.27. The number of hydrogen-bond acceptors (Lipinski definition) is 4. The smallest absolute Gasteiger partial charge is 0.331 e. The summed E-state index contributed by atoms with van der Waals surface area (Å²) >= 11 is 0. The minimum atomic E-state index is -1.04. The van der Waals surface area contributed by atoms with Gasteiger partial charge < -0.3 is 5.11 Å². The summed E-state index contributed by atoms with van der Waals surface area (Å²) in [6.45, 7) is 1.75. The van der Waals surface area contributed by atoms with Gasteiger partial charge in [-0.15, -0.1) is 0 Å². The van der Waals surface area contributed by atoms with Gasteiger partial charge in [-0.25, -0.2) is 9.48 Å². The van der Waals surface area contributed by atoms with Crippen molar-refractivity contribution in [2.75, 3.05) is 0 Å². The summed E-state index contributed by atoms with van der Waals surface area (Å²) in [5.41, 5.74) is -0.814. The maximum absolute atomic E-state index is 11.0. The first-order valence-electron chi connectivity index (χ1n) is 4.98. The summed E-state index contributed by atoms with van der Waals surface area (Å²) in [7, 11) is 0. The summed E-state index contributed by atoms with van der Waals surface area (Å²) in [6.07, 6.45) is 2.59. The van der Waals surface area contributed by atoms with Crippen molar-refractivity contribution in [3.05, 3.63) is 22.0 Å². The Bertz CT molecular complexity index is 461. The Morgan fingerprint density at radius 2 is 2.38 bits per heavy atom. The van der Waals surface area contributed by atoms with Crippen molar-refractivity contribution in [1.82, 2.24) is 9.78 Å². The first-order chi connectivity index (χ1) is 7.51. The summed E-state index contributed by atoms with van der Waals surface area (Å²) in [5.74, 6) is -0.979. The third kappa shape index (κ3) is 1.36. The van der Waals surface area contributed by atoms with Crippen LogP contribution in [0.2, 0.25) is 0 Å². The SMILES string of the molecule is CCc1nn(C2(C(=O)O)CC2)cc1[N+](=O)[O-]. The van der Waals surface area contributed by atoms with Crippen molar-refractivity contribution in [1.29, 1.82) is 0 Å². The maximum Gasteiger partial charge on any atom is 0.331 e. The summed E-state index contributed by atoms with van der Waals surface area (Å²) in [6, 6.07) is 0. The molecule has 0 spiro atoms. The second-order valence-corrected chi connectivity index (χ2v) is 3.85. The molecule has 7 nitrogen and oxygen atoms in total. The zero-order valence-corrected chi connectivity index (χ0v) is 8.71. The number of carboxylic acids is 1. The average Bonchev–Trinajstić information content (AvgIpc) is 2.92. The van der Waals surface area contributed by atoms with E-state index in [1.807, 2.05) is 0 Å². The van der Waals surface area contributed by atoms with Gasteiger partial charge in [0, 0.05) is 0 Å². The van der Waals surface area contributed by atoms with E-state index in [4.69, 9.17) is 5.11 Å². The van der Waals surface area contributed by atoms with Crippen LogP contribution in [-0.2, 0) is 16.8 Å². The number of hydrogen-bond donors (Lipinski definition) is 1. The summed E-state index contributed by atoms with van der Waals surface area (Å²) < 4.78 is 1.23. The maximum atomic E-state index is 11.0. The van der Waals surface area contributed by atoms with Gasteiger partial charge in [-0.05, 0) is 19.3 Å². The molecular weight excluding hydrogens is 214 g/mol. The first-order valence-corrected chi connectivity index (χ1v) is 4.98. The van der Waals surface area contributed by atoms with Crippen LogP contribution in [-0.4, -0.2) is 25.8 Å². The van der Waals surface area contributed by atoms with E-state index >= 15 is 0 Å². The van der Waals surface area contributed by atoms with Gasteiger partial charge in [0.25, 0.3) is 0 Å². The highest BCUT2D eigenvalue weighted by molar-refractivity contribution is 5.80. The number of carboxylic acid groups (broad SMARTS) is 1. The normalized spacial score (nSPS) is 17.1. The Kier molecular flexibility index (Phi) is 2.18. The van der Waals surface area contributed by atoms with Crippen LogP contribution in [0.5, 0.6) is 0 Å². The zero-order chi connectivity index (χ0) is 11.9. The average molecular weight is 225 g/mol. The third-order valence-corrected chi connectivity index (χ3v) is 2.86. The number of nitrogens with zero attached hydrogens (tertiary/aromatic N) is 3. The van der Waals surface area contributed by atoms with E-state index in [-0.39, 0.29) is 5.69 Å². The van der Waals surface area contributed by atoms with Crippen LogP contribution in [0, 0.1) is 10.1 Å². The van der Waals surface area contributed by atoms with Crippen LogP contribution in [0.4, 0.5) is 5.69 Å². The van der Waals surface area contributed by atoms with Gasteiger partial charge in [-0.3, -0.25) is 10.1 Å². The Morgan fingerprint density at radius 1 is 1.75 bits per heavy atom. The van der Waals surface area contributed by atoms with Crippen LogP contribution in [0.3, 0.4) is 0 Å². The third-order valence-electron chi connectivity index (χ3n) is 2.86. The van der Waals surface area contributed by atoms with Gasteiger partial charge in [0.2, 0.25) is 0 Å². The molecule has 0 bridgehead atoms. The second kappa shape index (κ2) is 3.29. The van der Waals surface area contributed by atoms with Gasteiger partial charge >= 0.3 is 11.7 Å². The molecule has 0 unspecified atom stereocenters. The molecule has 1 heterocycles. The van der Waals surface area contributed by atoms with Crippen LogP contribution in [0.15, 0.2) is 6.20 Å². The molecule has 1 saturated carbocycles. The highest BCUT2D eigenvalue weighted by Crippen LogP contribution is 2.44. The predicted molar refractivity (Wildman–Crippen MR) is 53.1 cm³/mol. The van der Waals surface area contributed by atoms with E-state index in [9.17, 15) is 14.9 Å². The molecule has 1 aliphatic rings. The van der Waals surface area contributed by atoms with E-state index in [0.29, 0.717) is 25.0 Å². The van der Waals surface area contributed by atoms with Gasteiger partial charge in [-0.2, -0.15) is 5.10 Å². The molecule has 1 aromatic rings. The first kappa shape index (κ1) is 10.6. The van der Waals surface area contributed by atoms with E-state index in [1.54, 1.807) is 6.92 Å². The fourth-order valence-electron chi connectivity index (χ4n) is 1.68. The van der Waals surface area contributed by atoms with Crippen LogP contribution in [0.25, 0.3) is 0 Å². The van der Waals surface area contributed by atoms with Crippen LogP contribution in [0.1, 0.15) is 25.5 Å². The predicted octanol–water partition coefficient (Wildman–Crippen LogP) is 0.927.